The number of carbonyl (C=O) groups excluding carboxylic acids is 4. The predicted octanol–water partition coefficient (Wildman–Crippen LogP) is 3.17. The Bertz CT molecular complexity index is 1370. The first-order valence-electron chi connectivity index (χ1n) is 18.6. The van der Waals surface area contributed by atoms with Crippen molar-refractivity contribution in [3.63, 3.8) is 0 Å². The van der Waals surface area contributed by atoms with Gasteiger partial charge in [-0.3, -0.25) is 19.2 Å². The maximum absolute atomic E-state index is 14.2. The highest BCUT2D eigenvalue weighted by atomic mass is 16.5. The highest BCUT2D eigenvalue weighted by molar-refractivity contribution is 5.89. The topological polar surface area (TPSA) is 162 Å². The van der Waals surface area contributed by atoms with Gasteiger partial charge in [0.15, 0.2) is 0 Å². The van der Waals surface area contributed by atoms with Crippen molar-refractivity contribution in [3.8, 4) is 6.07 Å². The van der Waals surface area contributed by atoms with Crippen molar-refractivity contribution in [1.82, 2.24) is 24.9 Å². The van der Waals surface area contributed by atoms with Crippen LogP contribution in [0, 0.1) is 29.1 Å². The average molecular weight is 728 g/mol. The van der Waals surface area contributed by atoms with Gasteiger partial charge in [0.05, 0.1) is 55.7 Å². The Morgan fingerprint density at radius 1 is 1.04 bits per heavy atom. The summed E-state index contributed by atoms with van der Waals surface area (Å²) in [4.78, 5) is 61.6. The highest BCUT2D eigenvalue weighted by Crippen LogP contribution is 2.30. The summed E-state index contributed by atoms with van der Waals surface area (Å²) in [5.74, 6) is -1.55. The van der Waals surface area contributed by atoms with Crippen LogP contribution in [0.1, 0.15) is 72.3 Å². The van der Waals surface area contributed by atoms with E-state index in [2.05, 4.69) is 11.4 Å². The second-order valence-electron chi connectivity index (χ2n) is 15.0. The highest BCUT2D eigenvalue weighted by Gasteiger charge is 2.43. The van der Waals surface area contributed by atoms with E-state index in [-0.39, 0.29) is 66.9 Å². The molecule has 0 spiro atoms. The molecule has 0 radical (unpaired) electrons. The van der Waals surface area contributed by atoms with Crippen LogP contribution in [-0.2, 0) is 35.1 Å². The maximum Gasteiger partial charge on any atom is 0.245 e. The van der Waals surface area contributed by atoms with Gasteiger partial charge in [0.1, 0.15) is 6.04 Å². The second-order valence-corrected chi connectivity index (χ2v) is 15.0. The van der Waals surface area contributed by atoms with E-state index in [1.165, 1.54) is 0 Å². The lowest BCUT2D eigenvalue weighted by Crippen LogP contribution is -2.58. The van der Waals surface area contributed by atoms with Gasteiger partial charge in [-0.25, -0.2) is 0 Å². The number of likely N-dealkylation sites (N-methyl/N-ethyl adjacent to an activating group) is 3. The molecule has 2 rings (SSSR count). The van der Waals surface area contributed by atoms with Crippen molar-refractivity contribution in [3.05, 3.63) is 29.8 Å². The van der Waals surface area contributed by atoms with Crippen molar-refractivity contribution >= 4 is 29.3 Å². The molecule has 3 N–H and O–H groups in total. The van der Waals surface area contributed by atoms with Crippen molar-refractivity contribution in [2.45, 2.75) is 110 Å². The Labute approximate surface area is 312 Å². The SMILES string of the molecule is CC[C@H](C)[C@@H]([C@@H](CC(=O)N1CCC[C@H]1[C@H](OC)[C@@H](C)C(=O)N(C)[C@H](CC#N)Cc1cccc(N)c1)OC)N(C)C(=O)C(NC(=O)CN(C)C)C(C)C. The summed E-state index contributed by atoms with van der Waals surface area (Å²) in [7, 11) is 10.1. The van der Waals surface area contributed by atoms with Gasteiger partial charge in [-0.2, -0.15) is 5.26 Å². The number of nitrogens with zero attached hydrogens (tertiary/aromatic N) is 5. The number of amides is 4. The molecule has 1 heterocycles. The van der Waals surface area contributed by atoms with Crippen LogP contribution >= 0.6 is 0 Å². The number of ether oxygens (including phenoxy) is 2. The van der Waals surface area contributed by atoms with E-state index in [4.69, 9.17) is 15.2 Å². The molecule has 13 heteroatoms. The molecule has 4 amide bonds. The number of rotatable bonds is 20. The first-order chi connectivity index (χ1) is 24.5. The molecule has 0 aromatic heterocycles. The molecule has 13 nitrogen and oxygen atoms in total. The Morgan fingerprint density at radius 3 is 2.25 bits per heavy atom. The van der Waals surface area contributed by atoms with Crippen molar-refractivity contribution < 1.29 is 28.7 Å². The molecule has 1 aromatic rings. The quantitative estimate of drug-likeness (QED) is 0.192. The van der Waals surface area contributed by atoms with Crippen LogP contribution in [0.25, 0.3) is 0 Å². The fourth-order valence-electron chi connectivity index (χ4n) is 7.48. The molecule has 1 aliphatic rings. The molecule has 1 saturated heterocycles. The molecule has 1 fully saturated rings. The minimum Gasteiger partial charge on any atom is -0.399 e. The number of hydrogen-bond donors (Lipinski definition) is 2. The third-order valence-electron chi connectivity index (χ3n) is 10.6. The Kier molecular flexibility index (Phi) is 18.0. The third-order valence-corrected chi connectivity index (χ3v) is 10.6. The summed E-state index contributed by atoms with van der Waals surface area (Å²) < 4.78 is 12.0. The fourth-order valence-corrected chi connectivity index (χ4v) is 7.48. The lowest BCUT2D eigenvalue weighted by atomic mass is 9.89. The monoisotopic (exact) mass is 727 g/mol. The number of nitrogens with two attached hydrogens (primary N) is 1. The number of methoxy groups -OCH3 is 2. The maximum atomic E-state index is 14.2. The van der Waals surface area contributed by atoms with Crippen LogP contribution in [0.5, 0.6) is 0 Å². The van der Waals surface area contributed by atoms with Gasteiger partial charge in [-0.15, -0.1) is 0 Å². The lowest BCUT2D eigenvalue weighted by molar-refractivity contribution is -0.149. The van der Waals surface area contributed by atoms with Gasteiger partial charge < -0.3 is 40.1 Å². The number of nitrogens with one attached hydrogen (secondary N) is 1. The van der Waals surface area contributed by atoms with Gasteiger partial charge >= 0.3 is 0 Å². The van der Waals surface area contributed by atoms with E-state index in [1.54, 1.807) is 68.1 Å². The van der Waals surface area contributed by atoms with Crippen LogP contribution in [-0.4, -0.2) is 135 Å². The predicted molar refractivity (Wildman–Crippen MR) is 203 cm³/mol. The smallest absolute Gasteiger partial charge is 0.245 e. The summed E-state index contributed by atoms with van der Waals surface area (Å²) in [5.41, 5.74) is 7.54. The summed E-state index contributed by atoms with van der Waals surface area (Å²) in [6, 6.07) is 7.77. The van der Waals surface area contributed by atoms with E-state index in [0.29, 0.717) is 25.1 Å². The number of nitrogen functional groups attached to an aromatic ring is 1. The summed E-state index contributed by atoms with van der Waals surface area (Å²) in [6.45, 7) is 10.4. The number of benzene rings is 1. The minimum absolute atomic E-state index is 0.0139. The van der Waals surface area contributed by atoms with E-state index in [1.807, 2.05) is 52.8 Å². The standard InChI is InChI=1S/C39H65N7O6/c1-12-26(4)36(45(9)39(50)35(25(2)3)42-33(47)24-43(6)7)32(51-10)23-34(48)46-20-14-17-31(46)37(52-11)27(5)38(49)44(8)30(18-19-40)22-28-15-13-16-29(41)21-28/h13,15-16,21,25-27,30-32,35-37H,12,14,17-18,20,22-24,41H2,1-11H3,(H,42,47)/t26-,27+,30+,31-,32+,35?,36-,37+/m0/s1. The number of hydrogen-bond acceptors (Lipinski definition) is 9. The molecule has 0 saturated carbocycles. The molecular formula is C39H65N7O6. The van der Waals surface area contributed by atoms with E-state index in [0.717, 1.165) is 18.4 Å². The van der Waals surface area contributed by atoms with Crippen molar-refractivity contribution in [2.75, 3.05) is 61.2 Å². The van der Waals surface area contributed by atoms with Crippen LogP contribution in [0.2, 0.25) is 0 Å². The zero-order valence-electron chi connectivity index (χ0n) is 33.4. The zero-order valence-corrected chi connectivity index (χ0v) is 33.4. The molecular weight excluding hydrogens is 662 g/mol. The zero-order chi connectivity index (χ0) is 39.3. The van der Waals surface area contributed by atoms with Gasteiger partial charge in [0.2, 0.25) is 23.6 Å². The normalized spacial score (nSPS) is 18.5. The Balaban J connectivity index is 2.28. The second kappa shape index (κ2) is 21.1. The summed E-state index contributed by atoms with van der Waals surface area (Å²) in [5, 5.41) is 12.5. The number of nitriles is 1. The minimum atomic E-state index is -0.738. The largest absolute Gasteiger partial charge is 0.399 e. The van der Waals surface area contributed by atoms with Crippen LogP contribution in [0.3, 0.4) is 0 Å². The number of likely N-dealkylation sites (tertiary alicyclic amines) is 1. The van der Waals surface area contributed by atoms with Crippen LogP contribution in [0.15, 0.2) is 24.3 Å². The molecule has 1 aliphatic heterocycles. The number of carbonyl (C=O) groups is 4. The number of anilines is 1. The van der Waals surface area contributed by atoms with Gasteiger partial charge in [0.25, 0.3) is 0 Å². The Hall–Kier alpha value is -3.73. The third kappa shape index (κ3) is 11.9. The fraction of sp³-hybridized carbons (Fsp3) is 0.718. The molecule has 52 heavy (non-hydrogen) atoms. The van der Waals surface area contributed by atoms with Crippen LogP contribution in [0.4, 0.5) is 5.69 Å². The molecule has 1 unspecified atom stereocenters. The molecule has 1 aromatic carbocycles. The van der Waals surface area contributed by atoms with Crippen LogP contribution < -0.4 is 11.1 Å². The summed E-state index contributed by atoms with van der Waals surface area (Å²) >= 11 is 0. The summed E-state index contributed by atoms with van der Waals surface area (Å²) in [6.07, 6.45) is 1.64. The molecule has 0 bridgehead atoms. The Morgan fingerprint density at radius 2 is 1.71 bits per heavy atom. The van der Waals surface area contributed by atoms with E-state index >= 15 is 0 Å². The van der Waals surface area contributed by atoms with Gasteiger partial charge in [-0.1, -0.05) is 53.2 Å². The lowest BCUT2D eigenvalue weighted by Gasteiger charge is -2.41. The van der Waals surface area contributed by atoms with Gasteiger partial charge in [0, 0.05) is 46.6 Å². The molecule has 0 aliphatic carbocycles. The molecule has 292 valence electrons. The van der Waals surface area contributed by atoms with Crippen molar-refractivity contribution in [2.24, 2.45) is 17.8 Å². The van der Waals surface area contributed by atoms with Gasteiger partial charge in [-0.05, 0) is 62.9 Å². The van der Waals surface area contributed by atoms with E-state index in [9.17, 15) is 24.4 Å². The van der Waals surface area contributed by atoms with Crippen molar-refractivity contribution in [1.29, 1.82) is 5.26 Å². The first kappa shape index (κ1) is 44.4. The first-order valence-corrected chi connectivity index (χ1v) is 18.6. The molecule has 8 atom stereocenters. The average Bonchev–Trinajstić information content (AvgIpc) is 3.58. The van der Waals surface area contributed by atoms with E-state index < -0.39 is 30.2 Å².